The van der Waals surface area contributed by atoms with Crippen molar-refractivity contribution in [3.05, 3.63) is 77.1 Å². The number of nitrogens with zero attached hydrogens (tertiary/aromatic N) is 2. The molecule has 0 radical (unpaired) electrons. The summed E-state index contributed by atoms with van der Waals surface area (Å²) in [4.78, 5) is 21.0. The van der Waals surface area contributed by atoms with Gasteiger partial charge < -0.3 is 9.73 Å². The zero-order valence-corrected chi connectivity index (χ0v) is 16.2. The van der Waals surface area contributed by atoms with Crippen LogP contribution in [0.2, 0.25) is 5.15 Å². The molecule has 0 aliphatic carbocycles. The molecule has 0 saturated carbocycles. The molecule has 0 saturated heterocycles. The number of fused-ring (bicyclic) bond motifs is 1. The number of oxazole rings is 1. The third kappa shape index (κ3) is 3.62. The summed E-state index contributed by atoms with van der Waals surface area (Å²) in [6, 6.07) is 16.7. The second-order valence-corrected chi connectivity index (χ2v) is 7.14. The van der Waals surface area contributed by atoms with E-state index in [1.54, 1.807) is 18.2 Å². The lowest BCUT2D eigenvalue weighted by Gasteiger charge is -2.07. The molecule has 4 aromatic rings. The Bertz CT molecular complexity index is 1170. The number of carbonyl (C=O) groups excluding carboxylic acids is 1. The topological polar surface area (TPSA) is 68.0 Å². The van der Waals surface area contributed by atoms with Gasteiger partial charge in [0.25, 0.3) is 5.91 Å². The van der Waals surface area contributed by atoms with Crippen LogP contribution in [-0.2, 0) is 0 Å². The molecule has 6 heteroatoms. The number of halogens is 1. The molecule has 0 unspecified atom stereocenters. The Labute approximate surface area is 167 Å². The van der Waals surface area contributed by atoms with Crippen molar-refractivity contribution in [3.63, 3.8) is 0 Å². The number of aromatic nitrogens is 2. The molecular formula is C22H18ClN3O2. The van der Waals surface area contributed by atoms with Crippen molar-refractivity contribution in [3.8, 4) is 11.5 Å². The lowest BCUT2D eigenvalue weighted by molar-refractivity contribution is 0.102. The second-order valence-electron chi connectivity index (χ2n) is 6.78. The molecule has 0 aliphatic rings. The number of hydrogen-bond donors (Lipinski definition) is 1. The molecule has 0 bridgehead atoms. The van der Waals surface area contributed by atoms with Gasteiger partial charge in [0, 0.05) is 17.4 Å². The van der Waals surface area contributed by atoms with Crippen molar-refractivity contribution >= 4 is 34.3 Å². The van der Waals surface area contributed by atoms with Gasteiger partial charge in [-0.15, -0.1) is 0 Å². The van der Waals surface area contributed by atoms with E-state index < -0.39 is 0 Å². The fourth-order valence-corrected chi connectivity index (χ4v) is 3.12. The molecule has 140 valence electrons. The molecule has 28 heavy (non-hydrogen) atoms. The Morgan fingerprint density at radius 3 is 2.75 bits per heavy atom. The number of hydrogen-bond acceptors (Lipinski definition) is 4. The van der Waals surface area contributed by atoms with Crippen LogP contribution in [0.1, 0.15) is 35.7 Å². The van der Waals surface area contributed by atoms with Gasteiger partial charge in [-0.3, -0.25) is 4.79 Å². The van der Waals surface area contributed by atoms with E-state index in [9.17, 15) is 4.79 Å². The molecule has 0 fully saturated rings. The lowest BCUT2D eigenvalue weighted by Crippen LogP contribution is -2.12. The fourth-order valence-electron chi connectivity index (χ4n) is 2.91. The van der Waals surface area contributed by atoms with E-state index in [0.717, 1.165) is 16.7 Å². The van der Waals surface area contributed by atoms with Crippen LogP contribution in [0.3, 0.4) is 0 Å². The third-order valence-corrected chi connectivity index (χ3v) is 4.75. The van der Waals surface area contributed by atoms with Crippen LogP contribution >= 0.6 is 11.6 Å². The quantitative estimate of drug-likeness (QED) is 0.438. The van der Waals surface area contributed by atoms with Gasteiger partial charge in [0.15, 0.2) is 5.58 Å². The summed E-state index contributed by atoms with van der Waals surface area (Å²) in [5.41, 5.74) is 4.47. The first-order chi connectivity index (χ1) is 13.5. The van der Waals surface area contributed by atoms with Crippen molar-refractivity contribution in [1.29, 1.82) is 0 Å². The number of amides is 1. The predicted octanol–water partition coefficient (Wildman–Crippen LogP) is 5.92. The number of pyridine rings is 1. The zero-order chi connectivity index (χ0) is 19.7. The summed E-state index contributed by atoms with van der Waals surface area (Å²) in [5, 5.41) is 3.00. The van der Waals surface area contributed by atoms with Crippen molar-refractivity contribution < 1.29 is 9.21 Å². The van der Waals surface area contributed by atoms with E-state index in [-0.39, 0.29) is 11.1 Å². The van der Waals surface area contributed by atoms with E-state index in [1.165, 1.54) is 11.8 Å². The van der Waals surface area contributed by atoms with Crippen LogP contribution in [0.4, 0.5) is 5.69 Å². The van der Waals surface area contributed by atoms with E-state index in [0.29, 0.717) is 23.1 Å². The molecule has 1 N–H and O–H groups in total. The van der Waals surface area contributed by atoms with Crippen molar-refractivity contribution in [1.82, 2.24) is 9.97 Å². The average Bonchev–Trinajstić information content (AvgIpc) is 3.12. The van der Waals surface area contributed by atoms with Crippen molar-refractivity contribution in [2.45, 2.75) is 19.8 Å². The average molecular weight is 392 g/mol. The van der Waals surface area contributed by atoms with Crippen LogP contribution in [0.25, 0.3) is 22.6 Å². The Balaban J connectivity index is 1.63. The summed E-state index contributed by atoms with van der Waals surface area (Å²) in [6.07, 6.45) is 1.54. The van der Waals surface area contributed by atoms with Gasteiger partial charge in [0.05, 0.1) is 5.56 Å². The summed E-state index contributed by atoms with van der Waals surface area (Å²) < 4.78 is 5.90. The van der Waals surface area contributed by atoms with E-state index in [4.69, 9.17) is 16.0 Å². The number of nitrogens with one attached hydrogen (secondary N) is 1. The van der Waals surface area contributed by atoms with Crippen LogP contribution in [-0.4, -0.2) is 15.9 Å². The van der Waals surface area contributed by atoms with Gasteiger partial charge in [-0.05, 0) is 53.9 Å². The number of benzene rings is 2. The minimum Gasteiger partial charge on any atom is -0.436 e. The molecule has 2 aromatic heterocycles. The smallest absolute Gasteiger partial charge is 0.258 e. The lowest BCUT2D eigenvalue weighted by atomic mass is 10.0. The Morgan fingerprint density at radius 1 is 1.11 bits per heavy atom. The maximum atomic E-state index is 12.5. The highest BCUT2D eigenvalue weighted by molar-refractivity contribution is 6.33. The largest absolute Gasteiger partial charge is 0.436 e. The van der Waals surface area contributed by atoms with Crippen molar-refractivity contribution in [2.75, 3.05) is 5.32 Å². The van der Waals surface area contributed by atoms with Gasteiger partial charge in [-0.2, -0.15) is 0 Å². The zero-order valence-electron chi connectivity index (χ0n) is 15.4. The Morgan fingerprint density at radius 2 is 1.96 bits per heavy atom. The van der Waals surface area contributed by atoms with E-state index >= 15 is 0 Å². The second kappa shape index (κ2) is 7.44. The molecular weight excluding hydrogens is 374 g/mol. The minimum absolute atomic E-state index is 0.163. The summed E-state index contributed by atoms with van der Waals surface area (Å²) in [5.74, 6) is 0.600. The number of rotatable bonds is 4. The van der Waals surface area contributed by atoms with E-state index in [2.05, 4.69) is 35.2 Å². The van der Waals surface area contributed by atoms with Crippen LogP contribution in [0, 0.1) is 0 Å². The van der Waals surface area contributed by atoms with Gasteiger partial charge in [0.2, 0.25) is 5.89 Å². The molecule has 2 aromatic carbocycles. The van der Waals surface area contributed by atoms with E-state index in [1.807, 2.05) is 30.3 Å². The molecule has 0 aliphatic heterocycles. The summed E-state index contributed by atoms with van der Waals surface area (Å²) >= 11 is 6.00. The Hall–Kier alpha value is -3.18. The molecule has 4 rings (SSSR count). The SMILES string of the molecule is CC(C)c1ccc2oc(-c3cccc(NC(=O)c4cccnc4Cl)c3)nc2c1. The fraction of sp³-hybridized carbons (Fsp3) is 0.136. The molecule has 0 atom stereocenters. The summed E-state index contributed by atoms with van der Waals surface area (Å²) in [7, 11) is 0. The van der Waals surface area contributed by atoms with Crippen molar-refractivity contribution in [2.24, 2.45) is 0 Å². The van der Waals surface area contributed by atoms with Gasteiger partial charge >= 0.3 is 0 Å². The van der Waals surface area contributed by atoms with Crippen LogP contribution < -0.4 is 5.32 Å². The van der Waals surface area contributed by atoms with Gasteiger partial charge in [0.1, 0.15) is 10.7 Å². The maximum Gasteiger partial charge on any atom is 0.258 e. The monoisotopic (exact) mass is 391 g/mol. The molecule has 2 heterocycles. The third-order valence-electron chi connectivity index (χ3n) is 4.45. The molecule has 5 nitrogen and oxygen atoms in total. The molecule has 1 amide bonds. The first-order valence-corrected chi connectivity index (χ1v) is 9.32. The first kappa shape index (κ1) is 18.2. The highest BCUT2D eigenvalue weighted by Crippen LogP contribution is 2.28. The normalized spacial score (nSPS) is 11.1. The van der Waals surface area contributed by atoms with Gasteiger partial charge in [-0.1, -0.05) is 37.6 Å². The number of carbonyl (C=O) groups is 1. The van der Waals surface area contributed by atoms with Gasteiger partial charge in [-0.25, -0.2) is 9.97 Å². The molecule has 0 spiro atoms. The number of anilines is 1. The first-order valence-electron chi connectivity index (χ1n) is 8.94. The maximum absolute atomic E-state index is 12.5. The van der Waals surface area contributed by atoms with Crippen LogP contribution in [0.15, 0.2) is 65.2 Å². The summed E-state index contributed by atoms with van der Waals surface area (Å²) in [6.45, 7) is 4.28. The predicted molar refractivity (Wildman–Crippen MR) is 111 cm³/mol. The highest BCUT2D eigenvalue weighted by Gasteiger charge is 2.13. The highest BCUT2D eigenvalue weighted by atomic mass is 35.5. The van der Waals surface area contributed by atoms with Crippen LogP contribution in [0.5, 0.6) is 0 Å². The standard InChI is InChI=1S/C22H18ClN3O2/c1-13(2)14-8-9-19-18(12-14)26-22(28-19)15-5-3-6-16(11-15)25-21(27)17-7-4-10-24-20(17)23/h3-13H,1-2H3,(H,25,27). The minimum atomic E-state index is -0.325. The Kier molecular flexibility index (Phi) is 4.84.